The molecule has 0 amide bonds. The number of aldehydes is 1. The lowest BCUT2D eigenvalue weighted by atomic mass is 10.1. The fourth-order valence-corrected chi connectivity index (χ4v) is 1.90. The van der Waals surface area contributed by atoms with Gasteiger partial charge in [-0.3, -0.25) is 14.4 Å². The van der Waals surface area contributed by atoms with Gasteiger partial charge in [-0.25, -0.2) is 0 Å². The van der Waals surface area contributed by atoms with E-state index >= 15 is 0 Å². The average Bonchev–Trinajstić information content (AvgIpc) is 2.65. The molecule has 0 unspecified atom stereocenters. The van der Waals surface area contributed by atoms with Crippen molar-refractivity contribution >= 4 is 18.2 Å². The molecule has 0 heterocycles. The predicted octanol–water partition coefficient (Wildman–Crippen LogP) is 2.03. The van der Waals surface area contributed by atoms with E-state index in [1.807, 2.05) is 0 Å². The fourth-order valence-electron chi connectivity index (χ4n) is 1.90. The van der Waals surface area contributed by atoms with Gasteiger partial charge in [-0.1, -0.05) is 18.2 Å². The number of carbonyl (C=O) groups is 3. The summed E-state index contributed by atoms with van der Waals surface area (Å²) in [6, 6.07) is 10.9. The average molecular weight is 360 g/mol. The summed E-state index contributed by atoms with van der Waals surface area (Å²) in [5.41, 5.74) is 1.64. The molecule has 2 rings (SSSR count). The van der Waals surface area contributed by atoms with Gasteiger partial charge in [0.15, 0.2) is 6.29 Å². The number of carbonyl (C=O) groups excluding carboxylic acids is 3. The van der Waals surface area contributed by atoms with Crippen LogP contribution in [-0.2, 0) is 31.9 Å². The van der Waals surface area contributed by atoms with Gasteiger partial charge in [-0.2, -0.15) is 0 Å². The first-order valence-electron chi connectivity index (χ1n) is 7.58. The summed E-state index contributed by atoms with van der Waals surface area (Å²) in [6.07, 6.45) is 0.879. The smallest absolute Gasteiger partial charge is 0.309 e. The van der Waals surface area contributed by atoms with E-state index in [4.69, 9.17) is 5.11 Å². The lowest BCUT2D eigenvalue weighted by Gasteiger charge is -2.02. The molecule has 7 nitrogen and oxygen atoms in total. The third kappa shape index (κ3) is 7.04. The van der Waals surface area contributed by atoms with E-state index in [1.54, 1.807) is 18.2 Å². The van der Waals surface area contributed by atoms with E-state index in [0.717, 1.165) is 5.56 Å². The highest BCUT2D eigenvalue weighted by atomic mass is 16.5. The number of phenols is 2. The Kier molecular flexibility index (Phi) is 8.36. The second kappa shape index (κ2) is 10.5. The van der Waals surface area contributed by atoms with Crippen LogP contribution < -0.4 is 0 Å². The molecular formula is C19H20O7. The Morgan fingerprint density at radius 2 is 1.38 bits per heavy atom. The largest absolute Gasteiger partial charge is 0.508 e. The maximum absolute atomic E-state index is 10.9. The quantitative estimate of drug-likeness (QED) is 0.620. The van der Waals surface area contributed by atoms with E-state index in [0.29, 0.717) is 11.8 Å². The first kappa shape index (κ1) is 20.7. The monoisotopic (exact) mass is 360 g/mol. The third-order valence-corrected chi connectivity index (χ3v) is 3.31. The van der Waals surface area contributed by atoms with Crippen LogP contribution in [0.1, 0.15) is 21.5 Å². The molecule has 7 heteroatoms. The van der Waals surface area contributed by atoms with E-state index in [1.165, 1.54) is 38.5 Å². The van der Waals surface area contributed by atoms with Gasteiger partial charge in [0.2, 0.25) is 0 Å². The number of hydrogen-bond acceptors (Lipinski definition) is 7. The minimum absolute atomic E-state index is 0.0892. The Labute approximate surface area is 150 Å². The lowest BCUT2D eigenvalue weighted by molar-refractivity contribution is -0.140. The summed E-state index contributed by atoms with van der Waals surface area (Å²) in [5, 5.41) is 18.1. The number of phenolic OH excluding ortho intramolecular Hbond substituents is 2. The van der Waals surface area contributed by atoms with Gasteiger partial charge in [0.25, 0.3) is 0 Å². The van der Waals surface area contributed by atoms with Gasteiger partial charge in [0, 0.05) is 0 Å². The van der Waals surface area contributed by atoms with Gasteiger partial charge < -0.3 is 19.7 Å². The van der Waals surface area contributed by atoms with Gasteiger partial charge in [0.1, 0.15) is 11.5 Å². The standard InChI is InChI=1S/C10H10O4.C9H10O3/c1-14-10(13)5-7-2-3-9(12)8(4-7)6-11;1-12-9(11)6-7-2-4-8(10)5-3-7/h2-4,6,12H,5H2,1H3;2-5,10H,6H2,1H3. The molecule has 0 aliphatic carbocycles. The molecule has 0 aliphatic rings. The van der Waals surface area contributed by atoms with Gasteiger partial charge in [-0.05, 0) is 35.4 Å². The van der Waals surface area contributed by atoms with Crippen LogP contribution in [0.5, 0.6) is 11.5 Å². The maximum Gasteiger partial charge on any atom is 0.309 e. The van der Waals surface area contributed by atoms with Crippen LogP contribution in [0.2, 0.25) is 0 Å². The summed E-state index contributed by atoms with van der Waals surface area (Å²) in [5.74, 6) is -0.550. The molecule has 0 aromatic heterocycles. The zero-order valence-corrected chi connectivity index (χ0v) is 14.5. The van der Waals surface area contributed by atoms with Crippen molar-refractivity contribution in [1.82, 2.24) is 0 Å². The van der Waals surface area contributed by atoms with E-state index in [-0.39, 0.29) is 41.8 Å². The molecule has 26 heavy (non-hydrogen) atoms. The molecule has 0 fully saturated rings. The number of ether oxygens (including phenoxy) is 2. The topological polar surface area (TPSA) is 110 Å². The molecule has 0 bridgehead atoms. The molecule has 0 aliphatic heterocycles. The van der Waals surface area contributed by atoms with Crippen molar-refractivity contribution < 1.29 is 34.1 Å². The zero-order valence-electron chi connectivity index (χ0n) is 14.5. The number of benzene rings is 2. The summed E-state index contributed by atoms with van der Waals surface area (Å²) < 4.78 is 8.95. The van der Waals surface area contributed by atoms with Crippen molar-refractivity contribution in [2.75, 3.05) is 14.2 Å². The van der Waals surface area contributed by atoms with Crippen molar-refractivity contribution in [3.8, 4) is 11.5 Å². The Morgan fingerprint density at radius 1 is 0.885 bits per heavy atom. The van der Waals surface area contributed by atoms with Crippen molar-refractivity contribution in [2.45, 2.75) is 12.8 Å². The van der Waals surface area contributed by atoms with Crippen LogP contribution in [0, 0.1) is 0 Å². The Morgan fingerprint density at radius 3 is 1.88 bits per heavy atom. The number of hydrogen-bond donors (Lipinski definition) is 2. The maximum atomic E-state index is 10.9. The Hall–Kier alpha value is -3.35. The van der Waals surface area contributed by atoms with E-state index in [9.17, 15) is 19.5 Å². The van der Waals surface area contributed by atoms with Crippen LogP contribution in [0.3, 0.4) is 0 Å². The SMILES string of the molecule is COC(=O)Cc1ccc(O)c(C=O)c1.COC(=O)Cc1ccc(O)cc1. The molecule has 0 radical (unpaired) electrons. The molecule has 2 aromatic carbocycles. The Balaban J connectivity index is 0.000000263. The van der Waals surface area contributed by atoms with Gasteiger partial charge in [0.05, 0.1) is 32.6 Å². The zero-order chi connectivity index (χ0) is 19.5. The van der Waals surface area contributed by atoms with Crippen LogP contribution in [0.25, 0.3) is 0 Å². The first-order chi connectivity index (χ1) is 12.4. The van der Waals surface area contributed by atoms with Crippen molar-refractivity contribution in [2.24, 2.45) is 0 Å². The lowest BCUT2D eigenvalue weighted by Crippen LogP contribution is -2.04. The second-order valence-electron chi connectivity index (χ2n) is 5.18. The van der Waals surface area contributed by atoms with Crippen molar-refractivity contribution in [1.29, 1.82) is 0 Å². The summed E-state index contributed by atoms with van der Waals surface area (Å²) in [7, 11) is 2.64. The molecular weight excluding hydrogens is 340 g/mol. The first-order valence-corrected chi connectivity index (χ1v) is 7.58. The van der Waals surface area contributed by atoms with Crippen LogP contribution in [-0.4, -0.2) is 42.7 Å². The molecule has 0 saturated carbocycles. The molecule has 0 atom stereocenters. The highest BCUT2D eigenvalue weighted by molar-refractivity contribution is 5.80. The summed E-state index contributed by atoms with van der Waals surface area (Å²) >= 11 is 0. The number of rotatable bonds is 5. The molecule has 0 saturated heterocycles. The molecule has 2 aromatic rings. The van der Waals surface area contributed by atoms with Crippen LogP contribution in [0.4, 0.5) is 0 Å². The van der Waals surface area contributed by atoms with Crippen LogP contribution >= 0.6 is 0 Å². The normalized spacial score (nSPS) is 9.46. The van der Waals surface area contributed by atoms with Gasteiger partial charge in [-0.15, -0.1) is 0 Å². The minimum Gasteiger partial charge on any atom is -0.508 e. The van der Waals surface area contributed by atoms with E-state index < -0.39 is 0 Å². The van der Waals surface area contributed by atoms with Crippen LogP contribution in [0.15, 0.2) is 42.5 Å². The van der Waals surface area contributed by atoms with Crippen molar-refractivity contribution in [3.05, 3.63) is 59.2 Å². The number of aromatic hydroxyl groups is 2. The number of esters is 2. The third-order valence-electron chi connectivity index (χ3n) is 3.31. The summed E-state index contributed by atoms with van der Waals surface area (Å²) in [6.45, 7) is 0. The predicted molar refractivity (Wildman–Crippen MR) is 93.0 cm³/mol. The number of methoxy groups -OCH3 is 2. The molecule has 0 spiro atoms. The van der Waals surface area contributed by atoms with Crippen molar-refractivity contribution in [3.63, 3.8) is 0 Å². The highest BCUT2D eigenvalue weighted by Gasteiger charge is 2.06. The van der Waals surface area contributed by atoms with Gasteiger partial charge >= 0.3 is 11.9 Å². The molecule has 138 valence electrons. The minimum atomic E-state index is -0.382. The highest BCUT2D eigenvalue weighted by Crippen LogP contribution is 2.16. The Bertz CT molecular complexity index is 751. The molecule has 2 N–H and O–H groups in total. The second-order valence-corrected chi connectivity index (χ2v) is 5.18. The summed E-state index contributed by atoms with van der Waals surface area (Å²) in [4.78, 5) is 32.1. The van der Waals surface area contributed by atoms with E-state index in [2.05, 4.69) is 9.47 Å². The fraction of sp³-hybridized carbons (Fsp3) is 0.211.